The average molecular weight is 403 g/mol. The molecule has 0 spiro atoms. The number of thiophene rings is 1. The molecule has 152 valence electrons. The van der Waals surface area contributed by atoms with Gasteiger partial charge in [0.05, 0.1) is 19.1 Å². The van der Waals surface area contributed by atoms with Gasteiger partial charge in [-0.05, 0) is 56.0 Å². The van der Waals surface area contributed by atoms with E-state index in [-0.39, 0.29) is 12.3 Å². The molecule has 0 aliphatic heterocycles. The standard InChI is InChI=1S/C21H25NO3S.CH5N/c1-25-16-9-7-8-15(12-16)13-20(24)22-21-18(14-23)17-10-5-3-2-4-6-11-19(17)26-21;1-2/h7-9,12,14H,2-6,10-11,13H2,1H3,(H,22,24);2H2,1H3. The van der Waals surface area contributed by atoms with Gasteiger partial charge in [-0.3, -0.25) is 9.59 Å². The highest BCUT2D eigenvalue weighted by atomic mass is 32.1. The molecule has 5 nitrogen and oxygen atoms in total. The zero-order valence-electron chi connectivity index (χ0n) is 16.8. The number of nitrogens with one attached hydrogen (secondary N) is 1. The van der Waals surface area contributed by atoms with Crippen LogP contribution in [0.25, 0.3) is 0 Å². The molecule has 6 heteroatoms. The van der Waals surface area contributed by atoms with Gasteiger partial charge in [-0.2, -0.15) is 0 Å². The summed E-state index contributed by atoms with van der Waals surface area (Å²) < 4.78 is 5.20. The third kappa shape index (κ3) is 5.91. The lowest BCUT2D eigenvalue weighted by Crippen LogP contribution is -2.14. The Hall–Kier alpha value is -2.18. The van der Waals surface area contributed by atoms with Crippen molar-refractivity contribution >= 4 is 28.5 Å². The number of nitrogens with two attached hydrogens (primary N) is 1. The molecule has 1 aromatic carbocycles. The number of carbonyl (C=O) groups is 2. The van der Waals surface area contributed by atoms with E-state index < -0.39 is 0 Å². The van der Waals surface area contributed by atoms with Gasteiger partial charge < -0.3 is 15.8 Å². The fourth-order valence-electron chi connectivity index (χ4n) is 3.48. The molecule has 3 rings (SSSR count). The molecule has 0 fully saturated rings. The van der Waals surface area contributed by atoms with E-state index in [4.69, 9.17) is 4.74 Å². The van der Waals surface area contributed by atoms with E-state index in [2.05, 4.69) is 11.1 Å². The van der Waals surface area contributed by atoms with E-state index in [0.717, 1.165) is 48.8 Å². The van der Waals surface area contributed by atoms with Crippen LogP contribution in [0.5, 0.6) is 5.75 Å². The largest absolute Gasteiger partial charge is 0.497 e. The molecule has 28 heavy (non-hydrogen) atoms. The van der Waals surface area contributed by atoms with Crippen molar-refractivity contribution < 1.29 is 14.3 Å². The van der Waals surface area contributed by atoms with Crippen LogP contribution >= 0.6 is 11.3 Å². The smallest absolute Gasteiger partial charge is 0.229 e. The molecule has 1 aliphatic rings. The number of rotatable bonds is 5. The lowest BCUT2D eigenvalue weighted by molar-refractivity contribution is -0.115. The quantitative estimate of drug-likeness (QED) is 0.728. The Bertz CT molecular complexity index is 786. The number of aryl methyl sites for hydroxylation is 1. The van der Waals surface area contributed by atoms with E-state index in [0.29, 0.717) is 10.6 Å². The molecule has 1 heterocycles. The number of amides is 1. The van der Waals surface area contributed by atoms with Crippen molar-refractivity contribution in [1.29, 1.82) is 0 Å². The molecule has 1 amide bonds. The van der Waals surface area contributed by atoms with Crippen LogP contribution < -0.4 is 15.8 Å². The maximum atomic E-state index is 12.5. The van der Waals surface area contributed by atoms with Gasteiger partial charge in [-0.25, -0.2) is 0 Å². The number of fused-ring (bicyclic) bond motifs is 1. The van der Waals surface area contributed by atoms with Crippen molar-refractivity contribution in [3.05, 3.63) is 45.8 Å². The number of methoxy groups -OCH3 is 1. The molecule has 0 bridgehead atoms. The molecule has 1 aromatic heterocycles. The third-order valence-corrected chi connectivity index (χ3v) is 6.05. The van der Waals surface area contributed by atoms with Crippen molar-refractivity contribution in [2.75, 3.05) is 19.5 Å². The number of aldehydes is 1. The first kappa shape index (κ1) is 22.1. The van der Waals surface area contributed by atoms with Crippen molar-refractivity contribution in [2.45, 2.75) is 51.4 Å². The van der Waals surface area contributed by atoms with E-state index >= 15 is 0 Å². The first-order chi connectivity index (χ1) is 13.7. The molecule has 0 radical (unpaired) electrons. The Labute approximate surface area is 171 Å². The molecular formula is C22H30N2O3S. The molecular weight excluding hydrogens is 372 g/mol. The molecule has 0 saturated carbocycles. The van der Waals surface area contributed by atoms with Gasteiger partial charge in [0.15, 0.2) is 6.29 Å². The van der Waals surface area contributed by atoms with E-state index in [9.17, 15) is 9.59 Å². The minimum Gasteiger partial charge on any atom is -0.497 e. The SMILES string of the molecule is CN.COc1cccc(CC(=O)Nc2sc3c(c2C=O)CCCCCCC3)c1. The maximum absolute atomic E-state index is 12.5. The van der Waals surface area contributed by atoms with Crippen molar-refractivity contribution in [2.24, 2.45) is 5.73 Å². The summed E-state index contributed by atoms with van der Waals surface area (Å²) in [5, 5.41) is 3.68. The predicted octanol–water partition coefficient (Wildman–Crippen LogP) is 4.37. The third-order valence-electron chi connectivity index (χ3n) is 4.83. The molecule has 2 aromatic rings. The summed E-state index contributed by atoms with van der Waals surface area (Å²) in [7, 11) is 3.11. The Morgan fingerprint density at radius 1 is 1.18 bits per heavy atom. The molecule has 3 N–H and O–H groups in total. The fourth-order valence-corrected chi connectivity index (χ4v) is 4.75. The number of hydrogen-bond donors (Lipinski definition) is 2. The Morgan fingerprint density at radius 2 is 1.89 bits per heavy atom. The second kappa shape index (κ2) is 11.6. The summed E-state index contributed by atoms with van der Waals surface area (Å²) in [6.45, 7) is 0. The molecule has 0 saturated heterocycles. The fraction of sp³-hybridized carbons (Fsp3) is 0.455. The summed E-state index contributed by atoms with van der Waals surface area (Å²) in [5.74, 6) is 0.631. The van der Waals surface area contributed by atoms with Crippen LogP contribution in [0.2, 0.25) is 0 Å². The van der Waals surface area contributed by atoms with Crippen LogP contribution in [0.1, 0.15) is 58.5 Å². The number of hydrogen-bond acceptors (Lipinski definition) is 5. The minimum absolute atomic E-state index is 0.104. The number of anilines is 1. The van der Waals surface area contributed by atoms with E-state index in [1.54, 1.807) is 18.4 Å². The summed E-state index contributed by atoms with van der Waals surface area (Å²) in [4.78, 5) is 25.5. The Balaban J connectivity index is 0.00000136. The summed E-state index contributed by atoms with van der Waals surface area (Å²) in [6, 6.07) is 7.49. The highest BCUT2D eigenvalue weighted by molar-refractivity contribution is 7.16. The number of carbonyl (C=O) groups excluding carboxylic acids is 2. The first-order valence-corrected chi connectivity index (χ1v) is 10.6. The van der Waals surface area contributed by atoms with Crippen LogP contribution in [-0.4, -0.2) is 26.4 Å². The summed E-state index contributed by atoms with van der Waals surface area (Å²) in [5.41, 5.74) is 7.23. The molecule has 1 aliphatic carbocycles. The lowest BCUT2D eigenvalue weighted by Gasteiger charge is -2.06. The number of benzene rings is 1. The second-order valence-corrected chi connectivity index (χ2v) is 7.81. The Kier molecular flexibility index (Phi) is 9.17. The van der Waals surface area contributed by atoms with Crippen LogP contribution in [0, 0.1) is 0 Å². The zero-order chi connectivity index (χ0) is 20.4. The van der Waals surface area contributed by atoms with Crippen LogP contribution in [0.4, 0.5) is 5.00 Å². The van der Waals surface area contributed by atoms with Crippen LogP contribution in [-0.2, 0) is 24.1 Å². The normalized spacial score (nSPS) is 13.7. The predicted molar refractivity (Wildman–Crippen MR) is 116 cm³/mol. The number of ether oxygens (including phenoxy) is 1. The van der Waals surface area contributed by atoms with E-state index in [1.807, 2.05) is 24.3 Å². The second-order valence-electron chi connectivity index (χ2n) is 6.71. The minimum atomic E-state index is -0.104. The molecule has 0 unspecified atom stereocenters. The van der Waals surface area contributed by atoms with Crippen molar-refractivity contribution in [3.63, 3.8) is 0 Å². The van der Waals surface area contributed by atoms with Crippen molar-refractivity contribution in [3.8, 4) is 5.75 Å². The summed E-state index contributed by atoms with van der Waals surface area (Å²) in [6.07, 6.45) is 9.11. The van der Waals surface area contributed by atoms with Gasteiger partial charge in [-0.15, -0.1) is 11.3 Å². The van der Waals surface area contributed by atoms with Crippen LogP contribution in [0.3, 0.4) is 0 Å². The highest BCUT2D eigenvalue weighted by Crippen LogP contribution is 2.35. The lowest BCUT2D eigenvalue weighted by atomic mass is 10.0. The van der Waals surface area contributed by atoms with Gasteiger partial charge in [0.1, 0.15) is 10.8 Å². The highest BCUT2D eigenvalue weighted by Gasteiger charge is 2.19. The average Bonchev–Trinajstić information content (AvgIpc) is 3.08. The van der Waals surface area contributed by atoms with Gasteiger partial charge in [0.2, 0.25) is 5.91 Å². The van der Waals surface area contributed by atoms with Gasteiger partial charge >= 0.3 is 0 Å². The summed E-state index contributed by atoms with van der Waals surface area (Å²) >= 11 is 1.58. The van der Waals surface area contributed by atoms with Gasteiger partial charge in [0, 0.05) is 4.88 Å². The van der Waals surface area contributed by atoms with Crippen LogP contribution in [0.15, 0.2) is 24.3 Å². The first-order valence-electron chi connectivity index (χ1n) is 9.81. The van der Waals surface area contributed by atoms with E-state index in [1.165, 1.54) is 31.2 Å². The topological polar surface area (TPSA) is 81.4 Å². The van der Waals surface area contributed by atoms with Gasteiger partial charge in [-0.1, -0.05) is 31.4 Å². The maximum Gasteiger partial charge on any atom is 0.229 e. The zero-order valence-corrected chi connectivity index (χ0v) is 17.6. The van der Waals surface area contributed by atoms with Gasteiger partial charge in [0.25, 0.3) is 0 Å². The Morgan fingerprint density at radius 3 is 2.61 bits per heavy atom. The van der Waals surface area contributed by atoms with Crippen molar-refractivity contribution in [1.82, 2.24) is 0 Å². The monoisotopic (exact) mass is 402 g/mol. The molecule has 0 atom stereocenters.